The maximum absolute atomic E-state index is 4.03. The largest absolute Gasteiger partial charge is 0.316 e. The van der Waals surface area contributed by atoms with Crippen LogP contribution in [0.2, 0.25) is 0 Å². The van der Waals surface area contributed by atoms with Gasteiger partial charge in [0.2, 0.25) is 0 Å². The van der Waals surface area contributed by atoms with Gasteiger partial charge in [0.1, 0.15) is 0 Å². The Balaban J connectivity index is 2.28. The Morgan fingerprint density at radius 1 is 1.88 bits per heavy atom. The summed E-state index contributed by atoms with van der Waals surface area (Å²) in [6.07, 6.45) is 3.91. The number of nitrogens with one attached hydrogen (secondary N) is 1. The van der Waals surface area contributed by atoms with E-state index in [9.17, 15) is 0 Å². The first kappa shape index (κ1) is 5.51. The van der Waals surface area contributed by atoms with Crippen molar-refractivity contribution in [3.63, 3.8) is 0 Å². The van der Waals surface area contributed by atoms with Gasteiger partial charge in [0.25, 0.3) is 0 Å². The third kappa shape index (κ3) is 1.17. The number of aliphatic imine (C=N–C) groups is 1. The molecule has 1 rings (SSSR count). The molecule has 0 saturated heterocycles. The smallest absolute Gasteiger partial charge is 0.0615 e. The molecule has 0 aromatic heterocycles. The molecule has 0 radical (unpaired) electrons. The monoisotopic (exact) mass is 110 g/mol. The molecule has 1 heterocycles. The van der Waals surface area contributed by atoms with Gasteiger partial charge in [-0.2, -0.15) is 0 Å². The number of likely N-dealkylation sites (N-methyl/N-ethyl adjacent to an activating group) is 1. The second kappa shape index (κ2) is 2.62. The molecule has 0 amide bonds. The first-order chi connectivity index (χ1) is 3.93. The number of allylic oxidation sites excluding steroid dienone is 1. The Hall–Kier alpha value is -0.630. The van der Waals surface area contributed by atoms with Crippen molar-refractivity contribution in [2.45, 2.75) is 0 Å². The first-order valence-corrected chi connectivity index (χ1v) is 2.76. The molecule has 1 aliphatic rings. The maximum atomic E-state index is 4.03. The summed E-state index contributed by atoms with van der Waals surface area (Å²) in [6, 6.07) is 0. The van der Waals surface area contributed by atoms with Gasteiger partial charge in [-0.25, -0.2) is 0 Å². The summed E-state index contributed by atoms with van der Waals surface area (Å²) in [5.41, 5.74) is 1.37. The minimum absolute atomic E-state index is 0.890. The second-order valence-corrected chi connectivity index (χ2v) is 1.85. The van der Waals surface area contributed by atoms with Crippen LogP contribution >= 0.6 is 0 Å². The lowest BCUT2D eigenvalue weighted by molar-refractivity contribution is 0.865. The second-order valence-electron chi connectivity index (χ2n) is 1.85. The molecule has 0 spiro atoms. The fourth-order valence-corrected chi connectivity index (χ4v) is 0.723. The Morgan fingerprint density at radius 2 is 2.75 bits per heavy atom. The zero-order valence-electron chi connectivity index (χ0n) is 5.02. The van der Waals surface area contributed by atoms with Gasteiger partial charge in [0.15, 0.2) is 0 Å². The van der Waals surface area contributed by atoms with Crippen LogP contribution in [0.4, 0.5) is 0 Å². The molecular formula is C6H10N2. The van der Waals surface area contributed by atoms with E-state index in [1.165, 1.54) is 5.57 Å². The number of hydrogen-bond acceptors (Lipinski definition) is 2. The summed E-state index contributed by atoms with van der Waals surface area (Å²) in [5.74, 6) is 0. The van der Waals surface area contributed by atoms with E-state index in [1.807, 2.05) is 13.3 Å². The topological polar surface area (TPSA) is 24.4 Å². The van der Waals surface area contributed by atoms with E-state index in [2.05, 4.69) is 16.4 Å². The van der Waals surface area contributed by atoms with Gasteiger partial charge in [-0.1, -0.05) is 0 Å². The zero-order valence-corrected chi connectivity index (χ0v) is 5.02. The first-order valence-electron chi connectivity index (χ1n) is 2.76. The Morgan fingerprint density at radius 3 is 3.25 bits per heavy atom. The fraction of sp³-hybridized carbons (Fsp3) is 0.500. The van der Waals surface area contributed by atoms with Crippen molar-refractivity contribution in [3.8, 4) is 0 Å². The molecule has 1 aliphatic heterocycles. The fourth-order valence-electron chi connectivity index (χ4n) is 0.723. The molecule has 8 heavy (non-hydrogen) atoms. The van der Waals surface area contributed by atoms with Gasteiger partial charge in [0, 0.05) is 12.8 Å². The van der Waals surface area contributed by atoms with Gasteiger partial charge >= 0.3 is 0 Å². The van der Waals surface area contributed by atoms with E-state index in [0.717, 1.165) is 13.1 Å². The lowest BCUT2D eigenvalue weighted by Gasteiger charge is -1.95. The highest BCUT2D eigenvalue weighted by atomic mass is 14.8. The minimum atomic E-state index is 0.890. The highest BCUT2D eigenvalue weighted by molar-refractivity contribution is 5.75. The summed E-state index contributed by atoms with van der Waals surface area (Å²) < 4.78 is 0. The van der Waals surface area contributed by atoms with Gasteiger partial charge < -0.3 is 5.32 Å². The van der Waals surface area contributed by atoms with Crippen LogP contribution in [0.25, 0.3) is 0 Å². The van der Waals surface area contributed by atoms with Crippen molar-refractivity contribution in [2.75, 3.05) is 20.1 Å². The third-order valence-electron chi connectivity index (χ3n) is 1.11. The van der Waals surface area contributed by atoms with Gasteiger partial charge in [-0.15, -0.1) is 0 Å². The maximum Gasteiger partial charge on any atom is 0.0615 e. The molecule has 0 fully saturated rings. The Kier molecular flexibility index (Phi) is 1.80. The highest BCUT2D eigenvalue weighted by Gasteiger charge is 1.95. The minimum Gasteiger partial charge on any atom is -0.316 e. The van der Waals surface area contributed by atoms with E-state index in [0.29, 0.717) is 0 Å². The van der Waals surface area contributed by atoms with Crippen LogP contribution in [0.15, 0.2) is 16.6 Å². The van der Waals surface area contributed by atoms with Crippen LogP contribution in [0.3, 0.4) is 0 Å². The van der Waals surface area contributed by atoms with Gasteiger partial charge in [0.05, 0.1) is 6.54 Å². The molecule has 0 atom stereocenters. The molecule has 44 valence electrons. The Labute approximate surface area is 49.3 Å². The van der Waals surface area contributed by atoms with Crippen LogP contribution in [0, 0.1) is 0 Å². The van der Waals surface area contributed by atoms with Gasteiger partial charge in [-0.3, -0.25) is 4.99 Å². The summed E-state index contributed by atoms with van der Waals surface area (Å²) in [4.78, 5) is 4.03. The Bertz CT molecular complexity index is 124. The van der Waals surface area contributed by atoms with Crippen LogP contribution < -0.4 is 5.32 Å². The van der Waals surface area contributed by atoms with Crippen molar-refractivity contribution in [3.05, 3.63) is 11.6 Å². The molecule has 0 saturated carbocycles. The van der Waals surface area contributed by atoms with Gasteiger partial charge in [-0.05, 0) is 18.7 Å². The van der Waals surface area contributed by atoms with E-state index in [-0.39, 0.29) is 0 Å². The molecule has 2 nitrogen and oxygen atoms in total. The predicted octanol–water partition coefficient (Wildman–Crippen LogP) is 0.217. The van der Waals surface area contributed by atoms with Crippen molar-refractivity contribution >= 4 is 6.21 Å². The highest BCUT2D eigenvalue weighted by Crippen LogP contribution is 1.96. The summed E-state index contributed by atoms with van der Waals surface area (Å²) in [5, 5.41) is 3.06. The molecule has 1 N–H and O–H groups in total. The predicted molar refractivity (Wildman–Crippen MR) is 35.4 cm³/mol. The normalized spacial score (nSPS) is 16.9. The van der Waals surface area contributed by atoms with E-state index < -0.39 is 0 Å². The van der Waals surface area contributed by atoms with Crippen LogP contribution in [0.1, 0.15) is 0 Å². The lowest BCUT2D eigenvalue weighted by Crippen LogP contribution is -2.10. The molecule has 0 bridgehead atoms. The van der Waals surface area contributed by atoms with E-state index >= 15 is 0 Å². The standard InChI is InChI=1S/C6H10N2/c1-7-4-6-2-3-8-5-6/h2-3,7H,4-5H2,1H3. The molecule has 2 heteroatoms. The lowest BCUT2D eigenvalue weighted by atomic mass is 10.3. The SMILES string of the molecule is CNCC1=CC=NC1. The zero-order chi connectivity index (χ0) is 5.82. The van der Waals surface area contributed by atoms with Crippen LogP contribution in [0.5, 0.6) is 0 Å². The number of hydrogen-bond donors (Lipinski definition) is 1. The average Bonchev–Trinajstić information content (AvgIpc) is 2.19. The molecule has 0 aromatic rings. The summed E-state index contributed by atoms with van der Waals surface area (Å²) >= 11 is 0. The molecule has 0 aromatic carbocycles. The van der Waals surface area contributed by atoms with Crippen molar-refractivity contribution in [2.24, 2.45) is 4.99 Å². The summed E-state index contributed by atoms with van der Waals surface area (Å²) in [7, 11) is 1.94. The molecular weight excluding hydrogens is 100 g/mol. The quantitative estimate of drug-likeness (QED) is 0.540. The van der Waals surface area contributed by atoms with Crippen molar-refractivity contribution in [1.29, 1.82) is 0 Å². The van der Waals surface area contributed by atoms with Crippen LogP contribution in [-0.2, 0) is 0 Å². The number of nitrogens with zero attached hydrogens (tertiary/aromatic N) is 1. The van der Waals surface area contributed by atoms with Crippen molar-refractivity contribution in [1.82, 2.24) is 5.32 Å². The molecule has 0 unspecified atom stereocenters. The number of rotatable bonds is 2. The van der Waals surface area contributed by atoms with Crippen LogP contribution in [-0.4, -0.2) is 26.4 Å². The van der Waals surface area contributed by atoms with Crippen molar-refractivity contribution < 1.29 is 0 Å². The summed E-state index contributed by atoms with van der Waals surface area (Å²) in [6.45, 7) is 1.86. The molecule has 0 aliphatic carbocycles. The third-order valence-corrected chi connectivity index (χ3v) is 1.11. The average molecular weight is 110 g/mol. The van der Waals surface area contributed by atoms with E-state index in [1.54, 1.807) is 0 Å². The van der Waals surface area contributed by atoms with E-state index in [4.69, 9.17) is 0 Å².